The van der Waals surface area contributed by atoms with E-state index in [9.17, 15) is 0 Å². The SMILES string of the molecule is C=C(Cl)COc1nc2cc(OC)c(OC)cc2cc1CNCc1cnn(C)c1. The summed E-state index contributed by atoms with van der Waals surface area (Å²) in [4.78, 5) is 4.65. The van der Waals surface area contributed by atoms with E-state index in [-0.39, 0.29) is 6.61 Å². The van der Waals surface area contributed by atoms with E-state index in [0.717, 1.165) is 22.0 Å². The summed E-state index contributed by atoms with van der Waals surface area (Å²) in [7, 11) is 5.09. The van der Waals surface area contributed by atoms with Crippen molar-refractivity contribution in [3.8, 4) is 17.4 Å². The molecule has 7 nitrogen and oxygen atoms in total. The van der Waals surface area contributed by atoms with Gasteiger partial charge in [0.25, 0.3) is 0 Å². The number of nitrogens with one attached hydrogen (secondary N) is 1. The Morgan fingerprint density at radius 2 is 1.93 bits per heavy atom. The molecule has 0 amide bonds. The van der Waals surface area contributed by atoms with Crippen LogP contribution >= 0.6 is 11.6 Å². The van der Waals surface area contributed by atoms with Gasteiger partial charge in [-0.3, -0.25) is 4.68 Å². The number of rotatable bonds is 9. The van der Waals surface area contributed by atoms with Crippen LogP contribution in [0.15, 0.2) is 42.2 Å². The summed E-state index contributed by atoms with van der Waals surface area (Å²) >= 11 is 5.86. The highest BCUT2D eigenvalue weighted by Crippen LogP contribution is 2.33. The van der Waals surface area contributed by atoms with Gasteiger partial charge < -0.3 is 19.5 Å². The maximum Gasteiger partial charge on any atom is 0.218 e. The van der Waals surface area contributed by atoms with Gasteiger partial charge in [-0.05, 0) is 12.1 Å². The first-order valence-electron chi connectivity index (χ1n) is 8.70. The number of benzene rings is 1. The van der Waals surface area contributed by atoms with Crippen LogP contribution < -0.4 is 19.5 Å². The molecule has 0 bridgehead atoms. The Balaban J connectivity index is 1.89. The number of pyridine rings is 1. The monoisotopic (exact) mass is 402 g/mol. The minimum absolute atomic E-state index is 0.183. The van der Waals surface area contributed by atoms with Crippen LogP contribution in [0.25, 0.3) is 10.9 Å². The molecule has 3 aromatic rings. The van der Waals surface area contributed by atoms with Gasteiger partial charge in [0.1, 0.15) is 6.61 Å². The molecule has 1 aromatic carbocycles. The molecule has 0 aliphatic rings. The van der Waals surface area contributed by atoms with E-state index in [0.29, 0.717) is 35.5 Å². The normalized spacial score (nSPS) is 10.9. The van der Waals surface area contributed by atoms with Gasteiger partial charge in [-0.25, -0.2) is 4.98 Å². The Kier molecular flexibility index (Phi) is 6.38. The van der Waals surface area contributed by atoms with Gasteiger partial charge in [0, 0.05) is 53.9 Å². The molecule has 0 fully saturated rings. The van der Waals surface area contributed by atoms with E-state index in [4.69, 9.17) is 25.8 Å². The largest absolute Gasteiger partial charge is 0.493 e. The highest BCUT2D eigenvalue weighted by atomic mass is 35.5. The first kappa shape index (κ1) is 20.0. The molecule has 0 saturated carbocycles. The van der Waals surface area contributed by atoms with Gasteiger partial charge in [-0.2, -0.15) is 5.10 Å². The van der Waals surface area contributed by atoms with E-state index in [1.807, 2.05) is 37.6 Å². The summed E-state index contributed by atoms with van der Waals surface area (Å²) in [6.07, 6.45) is 3.80. The van der Waals surface area contributed by atoms with Gasteiger partial charge in [-0.1, -0.05) is 18.2 Å². The zero-order chi connectivity index (χ0) is 20.1. The van der Waals surface area contributed by atoms with E-state index < -0.39 is 0 Å². The summed E-state index contributed by atoms with van der Waals surface area (Å²) in [5.41, 5.74) is 2.74. The molecule has 0 aliphatic heterocycles. The lowest BCUT2D eigenvalue weighted by molar-refractivity contribution is 0.340. The molecule has 0 atom stereocenters. The van der Waals surface area contributed by atoms with E-state index in [1.165, 1.54) is 0 Å². The van der Waals surface area contributed by atoms with E-state index >= 15 is 0 Å². The van der Waals surface area contributed by atoms with Crippen molar-refractivity contribution < 1.29 is 14.2 Å². The molecule has 1 N–H and O–H groups in total. The average Bonchev–Trinajstić information content (AvgIpc) is 3.10. The van der Waals surface area contributed by atoms with Crippen LogP contribution in [0.2, 0.25) is 0 Å². The third kappa shape index (κ3) is 4.74. The van der Waals surface area contributed by atoms with Gasteiger partial charge >= 0.3 is 0 Å². The summed E-state index contributed by atoms with van der Waals surface area (Å²) in [5.74, 6) is 1.76. The van der Waals surface area contributed by atoms with Crippen molar-refractivity contribution in [3.05, 3.63) is 53.3 Å². The number of ether oxygens (including phenoxy) is 3. The van der Waals surface area contributed by atoms with Crippen molar-refractivity contribution in [3.63, 3.8) is 0 Å². The summed E-state index contributed by atoms with van der Waals surface area (Å²) < 4.78 is 18.3. The lowest BCUT2D eigenvalue weighted by atomic mass is 10.1. The predicted octanol–water partition coefficient (Wildman–Crippen LogP) is 3.41. The smallest absolute Gasteiger partial charge is 0.218 e. The van der Waals surface area contributed by atoms with E-state index in [2.05, 4.69) is 22.0 Å². The zero-order valence-electron chi connectivity index (χ0n) is 16.2. The molecule has 0 unspecified atom stereocenters. The number of methoxy groups -OCH3 is 2. The predicted molar refractivity (Wildman–Crippen MR) is 109 cm³/mol. The first-order valence-corrected chi connectivity index (χ1v) is 9.08. The Bertz CT molecular complexity index is 987. The van der Waals surface area contributed by atoms with Gasteiger partial charge in [0.05, 0.1) is 25.9 Å². The molecule has 148 valence electrons. The molecule has 2 heterocycles. The Hall–Kier alpha value is -2.77. The second-order valence-corrected chi connectivity index (χ2v) is 6.82. The number of hydrogen-bond acceptors (Lipinski definition) is 6. The molecule has 0 radical (unpaired) electrons. The van der Waals surface area contributed by atoms with Crippen molar-refractivity contribution in [2.24, 2.45) is 7.05 Å². The minimum Gasteiger partial charge on any atom is -0.493 e. The van der Waals surface area contributed by atoms with Crippen molar-refractivity contribution in [1.29, 1.82) is 0 Å². The lowest BCUT2D eigenvalue weighted by Gasteiger charge is -2.14. The van der Waals surface area contributed by atoms with Crippen molar-refractivity contribution in [2.75, 3.05) is 20.8 Å². The molecule has 0 saturated heterocycles. The second kappa shape index (κ2) is 8.95. The Morgan fingerprint density at radius 3 is 2.57 bits per heavy atom. The molecular formula is C20H23ClN4O3. The number of fused-ring (bicyclic) bond motifs is 1. The fourth-order valence-electron chi connectivity index (χ4n) is 2.83. The third-order valence-electron chi connectivity index (χ3n) is 4.13. The third-order valence-corrected chi connectivity index (χ3v) is 4.24. The second-order valence-electron chi connectivity index (χ2n) is 6.28. The zero-order valence-corrected chi connectivity index (χ0v) is 16.9. The topological polar surface area (TPSA) is 70.4 Å². The van der Waals surface area contributed by atoms with Gasteiger partial charge in [0.15, 0.2) is 11.5 Å². The molecule has 3 rings (SSSR count). The summed E-state index contributed by atoms with van der Waals surface area (Å²) in [6.45, 7) is 5.10. The number of hydrogen-bond donors (Lipinski definition) is 1. The molecular weight excluding hydrogens is 380 g/mol. The van der Waals surface area contributed by atoms with Gasteiger partial charge in [0.2, 0.25) is 5.88 Å². The highest BCUT2D eigenvalue weighted by Gasteiger charge is 2.13. The average molecular weight is 403 g/mol. The molecule has 0 spiro atoms. The summed E-state index contributed by atoms with van der Waals surface area (Å²) in [5, 5.41) is 8.89. The molecule has 0 aliphatic carbocycles. The molecule has 8 heteroatoms. The van der Waals surface area contributed by atoms with Crippen LogP contribution in [0.1, 0.15) is 11.1 Å². The summed E-state index contributed by atoms with van der Waals surface area (Å²) in [6, 6.07) is 5.74. The minimum atomic E-state index is 0.183. The number of aryl methyl sites for hydroxylation is 1. The highest BCUT2D eigenvalue weighted by molar-refractivity contribution is 6.29. The van der Waals surface area contributed by atoms with Crippen molar-refractivity contribution >= 4 is 22.5 Å². The van der Waals surface area contributed by atoms with E-state index in [1.54, 1.807) is 18.9 Å². The maximum absolute atomic E-state index is 5.86. The van der Waals surface area contributed by atoms with Crippen molar-refractivity contribution in [1.82, 2.24) is 20.1 Å². The maximum atomic E-state index is 5.86. The number of aromatic nitrogens is 3. The van der Waals surface area contributed by atoms with Crippen LogP contribution in [0.5, 0.6) is 17.4 Å². The first-order chi connectivity index (χ1) is 13.5. The van der Waals surface area contributed by atoms with Crippen LogP contribution in [0.3, 0.4) is 0 Å². The Labute approximate surface area is 168 Å². The quantitative estimate of drug-likeness (QED) is 0.591. The fraction of sp³-hybridized carbons (Fsp3) is 0.300. The number of nitrogens with zero attached hydrogens (tertiary/aromatic N) is 3. The van der Waals surface area contributed by atoms with Gasteiger partial charge in [-0.15, -0.1) is 0 Å². The fourth-order valence-corrected chi connectivity index (χ4v) is 2.88. The van der Waals surface area contributed by atoms with Crippen LogP contribution in [-0.2, 0) is 20.1 Å². The molecule has 28 heavy (non-hydrogen) atoms. The lowest BCUT2D eigenvalue weighted by Crippen LogP contribution is -2.14. The Morgan fingerprint density at radius 1 is 1.18 bits per heavy atom. The van der Waals surface area contributed by atoms with Crippen LogP contribution in [0.4, 0.5) is 0 Å². The standard InChI is InChI=1S/C20H23ClN4O3/c1-13(21)12-28-20-16(10-22-8-14-9-23-25(2)11-14)5-15-6-18(26-3)19(27-4)7-17(15)24-20/h5-7,9,11,22H,1,8,10,12H2,2-4H3. The van der Waals surface area contributed by atoms with Crippen LogP contribution in [0, 0.1) is 0 Å². The number of halogens is 1. The van der Waals surface area contributed by atoms with Crippen molar-refractivity contribution in [2.45, 2.75) is 13.1 Å². The van der Waals surface area contributed by atoms with Crippen LogP contribution in [-0.4, -0.2) is 35.6 Å². The molecule has 2 aromatic heterocycles.